The Morgan fingerprint density at radius 2 is 2.00 bits per heavy atom. The van der Waals surface area contributed by atoms with E-state index in [1.54, 1.807) is 18.2 Å². The van der Waals surface area contributed by atoms with E-state index >= 15 is 0 Å². The molecule has 0 radical (unpaired) electrons. The van der Waals surface area contributed by atoms with Gasteiger partial charge in [-0.2, -0.15) is 0 Å². The van der Waals surface area contributed by atoms with Crippen molar-refractivity contribution in [1.82, 2.24) is 10.3 Å². The minimum atomic E-state index is -0.688. The Morgan fingerprint density at radius 3 is 2.65 bits per heavy atom. The monoisotopic (exact) mass is 311 g/mol. The van der Waals surface area contributed by atoms with Crippen LogP contribution in [0.1, 0.15) is 39.3 Å². The van der Waals surface area contributed by atoms with Crippen LogP contribution in [0.2, 0.25) is 0 Å². The molecule has 118 valence electrons. The van der Waals surface area contributed by atoms with E-state index in [9.17, 15) is 14.7 Å². The first-order valence-electron chi connectivity index (χ1n) is 7.36. The van der Waals surface area contributed by atoms with Gasteiger partial charge in [0, 0.05) is 17.2 Å². The summed E-state index contributed by atoms with van der Waals surface area (Å²) in [7, 11) is 0. The molecule has 2 amide bonds. The van der Waals surface area contributed by atoms with Gasteiger partial charge in [-0.05, 0) is 49.1 Å². The molecule has 1 saturated carbocycles. The SMILES string of the molecule is Cc1ccc(C(=O)NC2CC2)cc1-c1cc(O)cnc1C(N)=O. The molecule has 0 aliphatic heterocycles. The van der Waals surface area contributed by atoms with Crippen LogP contribution < -0.4 is 11.1 Å². The maximum Gasteiger partial charge on any atom is 0.267 e. The van der Waals surface area contributed by atoms with Gasteiger partial charge < -0.3 is 16.2 Å². The molecular formula is C17H17N3O3. The molecule has 6 heteroatoms. The number of hydrogen-bond donors (Lipinski definition) is 3. The number of carbonyl (C=O) groups excluding carboxylic acids is 2. The van der Waals surface area contributed by atoms with E-state index in [4.69, 9.17) is 5.73 Å². The first-order valence-corrected chi connectivity index (χ1v) is 7.36. The number of hydrogen-bond acceptors (Lipinski definition) is 4. The molecule has 1 aromatic carbocycles. The van der Waals surface area contributed by atoms with E-state index in [1.807, 2.05) is 6.92 Å². The Kier molecular flexibility index (Phi) is 3.73. The summed E-state index contributed by atoms with van der Waals surface area (Å²) in [6, 6.07) is 6.91. The van der Waals surface area contributed by atoms with Crippen LogP contribution in [-0.2, 0) is 0 Å². The zero-order valence-electron chi connectivity index (χ0n) is 12.7. The van der Waals surface area contributed by atoms with Crippen molar-refractivity contribution in [1.29, 1.82) is 0 Å². The molecule has 1 aliphatic carbocycles. The molecular weight excluding hydrogens is 294 g/mol. The van der Waals surface area contributed by atoms with Crippen molar-refractivity contribution >= 4 is 11.8 Å². The molecule has 1 heterocycles. The molecule has 4 N–H and O–H groups in total. The third kappa shape index (κ3) is 3.15. The number of pyridine rings is 1. The molecule has 0 spiro atoms. The summed E-state index contributed by atoms with van der Waals surface area (Å²) >= 11 is 0. The van der Waals surface area contributed by atoms with E-state index in [0.717, 1.165) is 18.4 Å². The van der Waals surface area contributed by atoms with Crippen LogP contribution in [0.4, 0.5) is 0 Å². The van der Waals surface area contributed by atoms with E-state index in [0.29, 0.717) is 16.7 Å². The minimum absolute atomic E-state index is 0.0608. The van der Waals surface area contributed by atoms with Gasteiger partial charge in [-0.25, -0.2) is 4.98 Å². The lowest BCUT2D eigenvalue weighted by Crippen LogP contribution is -2.25. The number of aryl methyl sites for hydroxylation is 1. The van der Waals surface area contributed by atoms with Gasteiger partial charge >= 0.3 is 0 Å². The number of nitrogens with zero attached hydrogens (tertiary/aromatic N) is 1. The van der Waals surface area contributed by atoms with Crippen molar-refractivity contribution in [2.24, 2.45) is 5.73 Å². The average molecular weight is 311 g/mol. The van der Waals surface area contributed by atoms with E-state index < -0.39 is 5.91 Å². The van der Waals surface area contributed by atoms with Crippen LogP contribution in [-0.4, -0.2) is 27.9 Å². The van der Waals surface area contributed by atoms with Crippen LogP contribution in [0.5, 0.6) is 5.75 Å². The van der Waals surface area contributed by atoms with Gasteiger partial charge in [-0.3, -0.25) is 9.59 Å². The van der Waals surface area contributed by atoms with E-state index in [2.05, 4.69) is 10.3 Å². The zero-order valence-corrected chi connectivity index (χ0v) is 12.7. The van der Waals surface area contributed by atoms with Gasteiger partial charge in [0.05, 0.1) is 6.20 Å². The van der Waals surface area contributed by atoms with Crippen molar-refractivity contribution in [2.45, 2.75) is 25.8 Å². The second-order valence-electron chi connectivity index (χ2n) is 5.73. The number of primary amides is 1. The molecule has 23 heavy (non-hydrogen) atoms. The predicted octanol–water partition coefficient (Wildman–Crippen LogP) is 1.75. The number of nitrogens with one attached hydrogen (secondary N) is 1. The van der Waals surface area contributed by atoms with Crippen molar-refractivity contribution in [3.63, 3.8) is 0 Å². The molecule has 1 aliphatic rings. The molecule has 0 bridgehead atoms. The molecule has 0 atom stereocenters. The second-order valence-corrected chi connectivity index (χ2v) is 5.73. The fourth-order valence-corrected chi connectivity index (χ4v) is 2.41. The Balaban J connectivity index is 2.06. The number of amides is 2. The normalized spacial score (nSPS) is 13.6. The summed E-state index contributed by atoms with van der Waals surface area (Å²) in [6.07, 6.45) is 3.18. The van der Waals surface area contributed by atoms with Gasteiger partial charge in [0.25, 0.3) is 11.8 Å². The number of aromatic hydroxyl groups is 1. The number of carbonyl (C=O) groups is 2. The Labute approximate surface area is 133 Å². The van der Waals surface area contributed by atoms with Crippen molar-refractivity contribution in [2.75, 3.05) is 0 Å². The highest BCUT2D eigenvalue weighted by molar-refractivity contribution is 6.00. The van der Waals surface area contributed by atoms with Crippen molar-refractivity contribution in [3.05, 3.63) is 47.3 Å². The smallest absolute Gasteiger partial charge is 0.267 e. The van der Waals surface area contributed by atoms with Crippen LogP contribution in [0, 0.1) is 6.92 Å². The second kappa shape index (κ2) is 5.72. The summed E-state index contributed by atoms with van der Waals surface area (Å²) in [5.74, 6) is -0.910. The maximum atomic E-state index is 12.2. The van der Waals surface area contributed by atoms with E-state index in [-0.39, 0.29) is 23.4 Å². The zero-order chi connectivity index (χ0) is 16.6. The topological polar surface area (TPSA) is 105 Å². The first-order chi connectivity index (χ1) is 11.0. The molecule has 3 rings (SSSR count). The molecule has 6 nitrogen and oxygen atoms in total. The lowest BCUT2D eigenvalue weighted by Gasteiger charge is -2.12. The molecule has 0 unspecified atom stereocenters. The summed E-state index contributed by atoms with van der Waals surface area (Å²) in [5.41, 5.74) is 7.83. The van der Waals surface area contributed by atoms with Crippen LogP contribution in [0.25, 0.3) is 11.1 Å². The molecule has 1 fully saturated rings. The standard InChI is InChI=1S/C17H17N3O3/c1-9-2-3-10(17(23)20-11-4-5-11)6-13(9)14-7-12(21)8-19-15(14)16(18)22/h2-3,6-8,11,21H,4-5H2,1H3,(H2,18,22)(H,20,23). The number of benzene rings is 1. The summed E-state index contributed by atoms with van der Waals surface area (Å²) < 4.78 is 0. The Morgan fingerprint density at radius 1 is 1.26 bits per heavy atom. The third-order valence-corrected chi connectivity index (χ3v) is 3.81. The average Bonchev–Trinajstić information content (AvgIpc) is 3.31. The van der Waals surface area contributed by atoms with Crippen molar-refractivity contribution in [3.8, 4) is 16.9 Å². The minimum Gasteiger partial charge on any atom is -0.506 e. The highest BCUT2D eigenvalue weighted by atomic mass is 16.3. The first kappa shape index (κ1) is 15.0. The summed E-state index contributed by atoms with van der Waals surface area (Å²) in [5, 5.41) is 12.6. The largest absolute Gasteiger partial charge is 0.506 e. The van der Waals surface area contributed by atoms with Gasteiger partial charge in [-0.1, -0.05) is 6.07 Å². The van der Waals surface area contributed by atoms with Gasteiger partial charge in [0.2, 0.25) is 0 Å². The summed E-state index contributed by atoms with van der Waals surface area (Å²) in [6.45, 7) is 1.85. The van der Waals surface area contributed by atoms with Crippen molar-refractivity contribution < 1.29 is 14.7 Å². The fraction of sp³-hybridized carbons (Fsp3) is 0.235. The number of nitrogens with two attached hydrogens (primary N) is 1. The molecule has 2 aromatic rings. The van der Waals surface area contributed by atoms with Gasteiger partial charge in [0.1, 0.15) is 11.4 Å². The van der Waals surface area contributed by atoms with Gasteiger partial charge in [-0.15, -0.1) is 0 Å². The van der Waals surface area contributed by atoms with Crippen LogP contribution >= 0.6 is 0 Å². The number of rotatable bonds is 4. The van der Waals surface area contributed by atoms with Gasteiger partial charge in [0.15, 0.2) is 0 Å². The summed E-state index contributed by atoms with van der Waals surface area (Å²) in [4.78, 5) is 27.7. The maximum absolute atomic E-state index is 12.2. The van der Waals surface area contributed by atoms with Crippen LogP contribution in [0.15, 0.2) is 30.5 Å². The highest BCUT2D eigenvalue weighted by Crippen LogP contribution is 2.30. The van der Waals surface area contributed by atoms with Crippen LogP contribution in [0.3, 0.4) is 0 Å². The lowest BCUT2D eigenvalue weighted by molar-refractivity contribution is 0.0950. The third-order valence-electron chi connectivity index (χ3n) is 3.81. The quantitative estimate of drug-likeness (QED) is 0.800. The number of aromatic nitrogens is 1. The van der Waals surface area contributed by atoms with E-state index in [1.165, 1.54) is 12.3 Å². The lowest BCUT2D eigenvalue weighted by atomic mass is 9.96. The Bertz CT molecular complexity index is 798. The Hall–Kier alpha value is -2.89. The highest BCUT2D eigenvalue weighted by Gasteiger charge is 2.24. The molecule has 0 saturated heterocycles. The fourth-order valence-electron chi connectivity index (χ4n) is 2.41. The molecule has 1 aromatic heterocycles. The predicted molar refractivity (Wildman–Crippen MR) is 85.1 cm³/mol.